The molecule has 0 aromatic heterocycles. The monoisotopic (exact) mass is 310 g/mol. The van der Waals surface area contributed by atoms with E-state index >= 15 is 0 Å². The van der Waals surface area contributed by atoms with Crippen LogP contribution in [-0.4, -0.2) is 48.3 Å². The van der Waals surface area contributed by atoms with Gasteiger partial charge in [-0.25, -0.2) is 4.79 Å². The molecule has 0 spiro atoms. The van der Waals surface area contributed by atoms with Crippen LogP contribution >= 0.6 is 0 Å². The van der Waals surface area contributed by atoms with Gasteiger partial charge in [0.1, 0.15) is 23.7 Å². The molecule has 0 heterocycles. The van der Waals surface area contributed by atoms with Crippen LogP contribution in [0.4, 0.5) is 10.5 Å². The molecule has 122 valence electrons. The summed E-state index contributed by atoms with van der Waals surface area (Å²) in [6, 6.07) is 5.08. The van der Waals surface area contributed by atoms with Crippen LogP contribution in [0.25, 0.3) is 0 Å². The zero-order valence-corrected chi connectivity index (χ0v) is 13.5. The number of carbonyl (C=O) groups excluding carboxylic acids is 1. The van der Waals surface area contributed by atoms with Crippen LogP contribution in [0, 0.1) is 0 Å². The lowest BCUT2D eigenvalue weighted by Crippen LogP contribution is -2.48. The van der Waals surface area contributed by atoms with Crippen LogP contribution in [0.15, 0.2) is 18.2 Å². The lowest BCUT2D eigenvalue weighted by Gasteiger charge is -2.32. The summed E-state index contributed by atoms with van der Waals surface area (Å²) in [6.45, 7) is 4.87. The molecule has 7 heteroatoms. The molecule has 1 aromatic rings. The highest BCUT2D eigenvalue weighted by atomic mass is 16.5. The first kappa shape index (κ1) is 17.6. The number of para-hydroxylation sites is 1. The van der Waals surface area contributed by atoms with Gasteiger partial charge in [-0.1, -0.05) is 6.07 Å². The van der Waals surface area contributed by atoms with Crippen molar-refractivity contribution in [3.05, 3.63) is 18.2 Å². The SMILES string of the molecule is COc1cccc(OC)c1NC(=O)CN(C(=O)O)C(C)(C)C. The van der Waals surface area contributed by atoms with E-state index in [1.807, 2.05) is 0 Å². The number of ether oxygens (including phenoxy) is 2. The number of carboxylic acid groups (broad SMARTS) is 1. The number of carbonyl (C=O) groups is 2. The minimum Gasteiger partial charge on any atom is -0.494 e. The second-order valence-corrected chi connectivity index (χ2v) is 5.63. The van der Waals surface area contributed by atoms with Crippen molar-refractivity contribution in [1.82, 2.24) is 4.90 Å². The maximum Gasteiger partial charge on any atom is 0.408 e. The quantitative estimate of drug-likeness (QED) is 0.872. The highest BCUT2D eigenvalue weighted by Gasteiger charge is 2.28. The van der Waals surface area contributed by atoms with E-state index in [0.29, 0.717) is 17.2 Å². The number of nitrogens with one attached hydrogen (secondary N) is 1. The molecule has 0 aliphatic carbocycles. The number of anilines is 1. The van der Waals surface area contributed by atoms with Gasteiger partial charge in [-0.15, -0.1) is 0 Å². The minimum atomic E-state index is -1.16. The molecule has 22 heavy (non-hydrogen) atoms. The highest BCUT2D eigenvalue weighted by molar-refractivity contribution is 5.96. The third-order valence-electron chi connectivity index (χ3n) is 3.03. The summed E-state index contributed by atoms with van der Waals surface area (Å²) >= 11 is 0. The van der Waals surface area contributed by atoms with Gasteiger partial charge in [0, 0.05) is 5.54 Å². The molecule has 7 nitrogen and oxygen atoms in total. The molecule has 0 aliphatic rings. The Morgan fingerprint density at radius 3 is 2.05 bits per heavy atom. The second kappa shape index (κ2) is 7.02. The minimum absolute atomic E-state index is 0.292. The highest BCUT2D eigenvalue weighted by Crippen LogP contribution is 2.34. The molecule has 0 saturated carbocycles. The number of amides is 2. The van der Waals surface area contributed by atoms with E-state index in [2.05, 4.69) is 5.32 Å². The first-order chi connectivity index (χ1) is 10.2. The van der Waals surface area contributed by atoms with E-state index in [9.17, 15) is 14.7 Å². The summed E-state index contributed by atoms with van der Waals surface area (Å²) in [5.41, 5.74) is -0.314. The lowest BCUT2D eigenvalue weighted by atomic mass is 10.1. The standard InChI is InChI=1S/C15H22N2O5/c1-15(2,3)17(14(19)20)9-12(18)16-13-10(21-4)7-6-8-11(13)22-5/h6-8H,9H2,1-5H3,(H,16,18)(H,19,20). The Morgan fingerprint density at radius 2 is 1.68 bits per heavy atom. The molecule has 1 aromatic carbocycles. The number of rotatable bonds is 5. The number of hydrogen-bond acceptors (Lipinski definition) is 4. The summed E-state index contributed by atoms with van der Waals surface area (Å²) in [4.78, 5) is 24.5. The number of hydrogen-bond donors (Lipinski definition) is 2. The number of benzene rings is 1. The predicted molar refractivity (Wildman–Crippen MR) is 82.7 cm³/mol. The Hall–Kier alpha value is -2.44. The Morgan fingerprint density at radius 1 is 1.18 bits per heavy atom. The van der Waals surface area contributed by atoms with Gasteiger partial charge in [0.25, 0.3) is 0 Å². The molecule has 0 radical (unpaired) electrons. The van der Waals surface area contributed by atoms with Crippen molar-refractivity contribution in [2.45, 2.75) is 26.3 Å². The second-order valence-electron chi connectivity index (χ2n) is 5.63. The van der Waals surface area contributed by atoms with E-state index < -0.39 is 17.5 Å². The maximum absolute atomic E-state index is 12.2. The van der Waals surface area contributed by atoms with E-state index in [-0.39, 0.29) is 6.54 Å². The van der Waals surface area contributed by atoms with Crippen LogP contribution < -0.4 is 14.8 Å². The fourth-order valence-electron chi connectivity index (χ4n) is 1.89. The summed E-state index contributed by atoms with van der Waals surface area (Å²) in [7, 11) is 2.95. The van der Waals surface area contributed by atoms with Gasteiger partial charge >= 0.3 is 6.09 Å². The normalized spacial score (nSPS) is 10.8. The third kappa shape index (κ3) is 4.28. The summed E-state index contributed by atoms with van der Waals surface area (Å²) < 4.78 is 10.4. The fourth-order valence-corrected chi connectivity index (χ4v) is 1.89. The average molecular weight is 310 g/mol. The summed E-state index contributed by atoms with van der Waals surface area (Å²) in [5.74, 6) is 0.399. The first-order valence-electron chi connectivity index (χ1n) is 6.72. The molecule has 0 bridgehead atoms. The van der Waals surface area contributed by atoms with Crippen molar-refractivity contribution < 1.29 is 24.2 Å². The van der Waals surface area contributed by atoms with Crippen molar-refractivity contribution in [3.63, 3.8) is 0 Å². The number of nitrogens with zero attached hydrogens (tertiary/aromatic N) is 1. The van der Waals surface area contributed by atoms with Gasteiger partial charge in [0.15, 0.2) is 0 Å². The fraction of sp³-hybridized carbons (Fsp3) is 0.467. The van der Waals surface area contributed by atoms with Crippen LogP contribution in [0.2, 0.25) is 0 Å². The van der Waals surface area contributed by atoms with E-state index in [1.165, 1.54) is 14.2 Å². The molecule has 0 fully saturated rings. The Bertz CT molecular complexity index is 529. The third-order valence-corrected chi connectivity index (χ3v) is 3.03. The average Bonchev–Trinajstić information content (AvgIpc) is 2.43. The van der Waals surface area contributed by atoms with Gasteiger partial charge in [-0.3, -0.25) is 9.69 Å². The zero-order chi connectivity index (χ0) is 16.9. The van der Waals surface area contributed by atoms with Gasteiger partial charge in [-0.2, -0.15) is 0 Å². The summed E-state index contributed by atoms with van der Waals surface area (Å²) in [6.07, 6.45) is -1.16. The molecule has 0 unspecified atom stereocenters. The summed E-state index contributed by atoms with van der Waals surface area (Å²) in [5, 5.41) is 11.9. The molecule has 2 N–H and O–H groups in total. The Balaban J connectivity index is 2.96. The smallest absolute Gasteiger partial charge is 0.408 e. The molecule has 0 atom stereocenters. The van der Waals surface area contributed by atoms with Crippen LogP contribution in [0.5, 0.6) is 11.5 Å². The van der Waals surface area contributed by atoms with Crippen molar-refractivity contribution in [2.24, 2.45) is 0 Å². The van der Waals surface area contributed by atoms with Gasteiger partial charge in [-0.05, 0) is 32.9 Å². The van der Waals surface area contributed by atoms with Gasteiger partial charge in [0.05, 0.1) is 14.2 Å². The van der Waals surface area contributed by atoms with Crippen LogP contribution in [0.3, 0.4) is 0 Å². The van der Waals surface area contributed by atoms with Gasteiger partial charge < -0.3 is 19.9 Å². The topological polar surface area (TPSA) is 88.1 Å². The van der Waals surface area contributed by atoms with Crippen molar-refractivity contribution in [2.75, 3.05) is 26.1 Å². The molecule has 0 saturated heterocycles. The number of methoxy groups -OCH3 is 2. The Labute approximate surface area is 129 Å². The van der Waals surface area contributed by atoms with Crippen molar-refractivity contribution in [1.29, 1.82) is 0 Å². The predicted octanol–water partition coefficient (Wildman–Crippen LogP) is 2.42. The van der Waals surface area contributed by atoms with E-state index in [4.69, 9.17) is 9.47 Å². The molecule has 2 amide bonds. The van der Waals surface area contributed by atoms with Crippen molar-refractivity contribution in [3.8, 4) is 11.5 Å². The van der Waals surface area contributed by atoms with Crippen molar-refractivity contribution >= 4 is 17.7 Å². The Kier molecular flexibility index (Phi) is 5.62. The molecule has 0 aliphatic heterocycles. The van der Waals surface area contributed by atoms with Gasteiger partial charge in [0.2, 0.25) is 5.91 Å². The van der Waals surface area contributed by atoms with E-state index in [1.54, 1.807) is 39.0 Å². The zero-order valence-electron chi connectivity index (χ0n) is 13.5. The lowest BCUT2D eigenvalue weighted by molar-refractivity contribution is -0.118. The maximum atomic E-state index is 12.2. The van der Waals surface area contributed by atoms with E-state index in [0.717, 1.165) is 4.90 Å². The van der Waals surface area contributed by atoms with Crippen LogP contribution in [-0.2, 0) is 4.79 Å². The molecular formula is C15H22N2O5. The molecular weight excluding hydrogens is 288 g/mol. The van der Waals surface area contributed by atoms with Crippen LogP contribution in [0.1, 0.15) is 20.8 Å². The largest absolute Gasteiger partial charge is 0.494 e. The molecule has 1 rings (SSSR count). The first-order valence-corrected chi connectivity index (χ1v) is 6.72.